The summed E-state index contributed by atoms with van der Waals surface area (Å²) in [5.41, 5.74) is 6.16. The number of hydrogen-bond acceptors (Lipinski definition) is 4. The third-order valence-electron chi connectivity index (χ3n) is 4.34. The van der Waals surface area contributed by atoms with E-state index in [4.69, 9.17) is 0 Å². The molecule has 5 heteroatoms. The van der Waals surface area contributed by atoms with E-state index in [0.717, 1.165) is 34.6 Å². The fourth-order valence-electron chi connectivity index (χ4n) is 2.83. The number of benzene rings is 2. The van der Waals surface area contributed by atoms with Crippen LogP contribution in [0.1, 0.15) is 39.8 Å². The van der Waals surface area contributed by atoms with Crippen LogP contribution in [0.3, 0.4) is 0 Å². The maximum Gasteiger partial charge on any atom is 0.274 e. The third kappa shape index (κ3) is 4.70. The van der Waals surface area contributed by atoms with E-state index in [0.29, 0.717) is 11.6 Å². The number of rotatable bonds is 5. The Morgan fingerprint density at radius 3 is 2.37 bits per heavy atom. The quantitative estimate of drug-likeness (QED) is 0.675. The number of amides is 1. The first-order valence-electron chi connectivity index (χ1n) is 9.05. The van der Waals surface area contributed by atoms with Crippen LogP contribution in [0.25, 0.3) is 0 Å². The molecule has 3 aromatic rings. The van der Waals surface area contributed by atoms with Gasteiger partial charge in [-0.2, -0.15) is 0 Å². The van der Waals surface area contributed by atoms with Crippen LogP contribution in [-0.4, -0.2) is 15.9 Å². The molecule has 1 heterocycles. The highest BCUT2D eigenvalue weighted by molar-refractivity contribution is 6.03. The topological polar surface area (TPSA) is 66.9 Å². The van der Waals surface area contributed by atoms with E-state index in [-0.39, 0.29) is 5.91 Å². The predicted octanol–water partition coefficient (Wildman–Crippen LogP) is 4.96. The molecule has 27 heavy (non-hydrogen) atoms. The van der Waals surface area contributed by atoms with Crippen molar-refractivity contribution in [3.05, 3.63) is 76.6 Å². The first kappa shape index (κ1) is 18.6. The molecule has 2 aromatic carbocycles. The molecule has 0 unspecified atom stereocenters. The number of nitrogens with one attached hydrogen (secondary N) is 2. The Balaban J connectivity index is 1.80. The summed E-state index contributed by atoms with van der Waals surface area (Å²) in [5, 5.41) is 6.10. The molecule has 0 radical (unpaired) electrons. The lowest BCUT2D eigenvalue weighted by Crippen LogP contribution is -2.16. The maximum atomic E-state index is 12.7. The van der Waals surface area contributed by atoms with Crippen molar-refractivity contribution >= 4 is 23.2 Å². The van der Waals surface area contributed by atoms with Crippen molar-refractivity contribution in [2.24, 2.45) is 0 Å². The summed E-state index contributed by atoms with van der Waals surface area (Å²) in [5.74, 6) is 0.155. The SMILES string of the molecule is CCc1ccc(Nc2nc(C)cc(C(=O)Nc3ccc(C)cc3C)n2)cc1. The van der Waals surface area contributed by atoms with Crippen molar-refractivity contribution in [3.63, 3.8) is 0 Å². The molecule has 3 rings (SSSR count). The van der Waals surface area contributed by atoms with Crippen molar-refractivity contribution in [2.45, 2.75) is 34.1 Å². The Kier molecular flexibility index (Phi) is 5.50. The highest BCUT2D eigenvalue weighted by Gasteiger charge is 2.12. The van der Waals surface area contributed by atoms with Gasteiger partial charge in [-0.05, 0) is 62.6 Å². The van der Waals surface area contributed by atoms with Gasteiger partial charge in [-0.15, -0.1) is 0 Å². The van der Waals surface area contributed by atoms with Gasteiger partial charge in [0.05, 0.1) is 0 Å². The van der Waals surface area contributed by atoms with Gasteiger partial charge in [0, 0.05) is 17.1 Å². The molecular weight excluding hydrogens is 336 g/mol. The fourth-order valence-corrected chi connectivity index (χ4v) is 2.83. The molecule has 0 fully saturated rings. The summed E-state index contributed by atoms with van der Waals surface area (Å²) in [7, 11) is 0. The van der Waals surface area contributed by atoms with Crippen LogP contribution in [0, 0.1) is 20.8 Å². The lowest BCUT2D eigenvalue weighted by Gasteiger charge is -2.11. The first-order valence-corrected chi connectivity index (χ1v) is 9.05. The van der Waals surface area contributed by atoms with E-state index < -0.39 is 0 Å². The monoisotopic (exact) mass is 360 g/mol. The van der Waals surface area contributed by atoms with E-state index in [1.54, 1.807) is 6.07 Å². The zero-order chi connectivity index (χ0) is 19.4. The Morgan fingerprint density at radius 2 is 1.70 bits per heavy atom. The van der Waals surface area contributed by atoms with Crippen LogP contribution in [-0.2, 0) is 6.42 Å². The molecule has 0 atom stereocenters. The fraction of sp³-hybridized carbons (Fsp3) is 0.227. The molecule has 0 saturated heterocycles. The standard InChI is InChI=1S/C22H24N4O/c1-5-17-7-9-18(10-8-17)24-22-23-16(4)13-20(26-22)21(27)25-19-11-6-14(2)12-15(19)3/h6-13H,5H2,1-4H3,(H,25,27)(H,23,24,26). The summed E-state index contributed by atoms with van der Waals surface area (Å²) >= 11 is 0. The largest absolute Gasteiger partial charge is 0.324 e. The summed E-state index contributed by atoms with van der Waals surface area (Å²) in [6.07, 6.45) is 0.990. The first-order chi connectivity index (χ1) is 12.9. The molecule has 0 aliphatic carbocycles. The van der Waals surface area contributed by atoms with Crippen molar-refractivity contribution in [1.82, 2.24) is 9.97 Å². The zero-order valence-corrected chi connectivity index (χ0v) is 16.1. The van der Waals surface area contributed by atoms with E-state index in [2.05, 4.69) is 39.7 Å². The van der Waals surface area contributed by atoms with Crippen LogP contribution in [0.5, 0.6) is 0 Å². The highest BCUT2D eigenvalue weighted by atomic mass is 16.1. The normalized spacial score (nSPS) is 10.5. The molecule has 0 bridgehead atoms. The predicted molar refractivity (Wildman–Crippen MR) is 110 cm³/mol. The van der Waals surface area contributed by atoms with Gasteiger partial charge in [0.25, 0.3) is 5.91 Å². The van der Waals surface area contributed by atoms with E-state index in [1.807, 2.05) is 51.1 Å². The van der Waals surface area contributed by atoms with E-state index in [1.165, 1.54) is 5.56 Å². The van der Waals surface area contributed by atoms with Gasteiger partial charge in [0.15, 0.2) is 0 Å². The van der Waals surface area contributed by atoms with Gasteiger partial charge < -0.3 is 10.6 Å². The van der Waals surface area contributed by atoms with Gasteiger partial charge >= 0.3 is 0 Å². The number of hydrogen-bond donors (Lipinski definition) is 2. The lowest BCUT2D eigenvalue weighted by molar-refractivity contribution is 0.102. The van der Waals surface area contributed by atoms with Crippen molar-refractivity contribution < 1.29 is 4.79 Å². The van der Waals surface area contributed by atoms with Crippen LogP contribution in [0.2, 0.25) is 0 Å². The molecule has 138 valence electrons. The summed E-state index contributed by atoms with van der Waals surface area (Å²) in [6, 6.07) is 15.7. The van der Waals surface area contributed by atoms with Gasteiger partial charge in [-0.25, -0.2) is 9.97 Å². The van der Waals surface area contributed by atoms with Crippen LogP contribution >= 0.6 is 0 Å². The second-order valence-corrected chi connectivity index (χ2v) is 6.67. The molecule has 0 aliphatic heterocycles. The molecule has 2 N–H and O–H groups in total. The second kappa shape index (κ2) is 7.99. The highest BCUT2D eigenvalue weighted by Crippen LogP contribution is 2.18. The second-order valence-electron chi connectivity index (χ2n) is 6.67. The number of aryl methyl sites for hydroxylation is 4. The Hall–Kier alpha value is -3.21. The third-order valence-corrected chi connectivity index (χ3v) is 4.34. The number of anilines is 3. The minimum atomic E-state index is -0.253. The summed E-state index contributed by atoms with van der Waals surface area (Å²) in [4.78, 5) is 21.4. The van der Waals surface area contributed by atoms with Crippen molar-refractivity contribution in [3.8, 4) is 0 Å². The van der Waals surface area contributed by atoms with Gasteiger partial charge in [0.2, 0.25) is 5.95 Å². The minimum Gasteiger partial charge on any atom is -0.324 e. The molecule has 0 aliphatic rings. The maximum absolute atomic E-state index is 12.7. The average Bonchev–Trinajstić information content (AvgIpc) is 2.64. The van der Waals surface area contributed by atoms with Gasteiger partial charge in [0.1, 0.15) is 5.69 Å². The Labute approximate surface area is 159 Å². The number of aromatic nitrogens is 2. The van der Waals surface area contributed by atoms with E-state index in [9.17, 15) is 4.79 Å². The summed E-state index contributed by atoms with van der Waals surface area (Å²) in [6.45, 7) is 7.96. The average molecular weight is 360 g/mol. The molecule has 0 spiro atoms. The lowest BCUT2D eigenvalue weighted by atomic mass is 10.1. The van der Waals surface area contributed by atoms with Crippen LogP contribution in [0.4, 0.5) is 17.3 Å². The smallest absolute Gasteiger partial charge is 0.274 e. The Bertz CT molecular complexity index is 965. The number of carbonyl (C=O) groups is 1. The van der Waals surface area contributed by atoms with Crippen molar-refractivity contribution in [1.29, 1.82) is 0 Å². The van der Waals surface area contributed by atoms with Crippen LogP contribution in [0.15, 0.2) is 48.5 Å². The Morgan fingerprint density at radius 1 is 0.963 bits per heavy atom. The molecular formula is C22H24N4O. The number of nitrogens with zero attached hydrogens (tertiary/aromatic N) is 2. The molecule has 1 amide bonds. The van der Waals surface area contributed by atoms with Crippen molar-refractivity contribution in [2.75, 3.05) is 10.6 Å². The minimum absolute atomic E-state index is 0.253. The number of carbonyl (C=O) groups excluding carboxylic acids is 1. The van der Waals surface area contributed by atoms with Gasteiger partial charge in [-0.3, -0.25) is 4.79 Å². The van der Waals surface area contributed by atoms with Crippen LogP contribution < -0.4 is 10.6 Å². The molecule has 0 saturated carbocycles. The van der Waals surface area contributed by atoms with Gasteiger partial charge in [-0.1, -0.05) is 36.8 Å². The summed E-state index contributed by atoms with van der Waals surface area (Å²) < 4.78 is 0. The molecule has 1 aromatic heterocycles. The van der Waals surface area contributed by atoms with E-state index >= 15 is 0 Å². The molecule has 5 nitrogen and oxygen atoms in total. The zero-order valence-electron chi connectivity index (χ0n) is 16.1.